The molecule has 0 saturated carbocycles. The van der Waals surface area contributed by atoms with Crippen molar-refractivity contribution in [1.29, 1.82) is 5.26 Å². The second kappa shape index (κ2) is 5.26. The summed E-state index contributed by atoms with van der Waals surface area (Å²) >= 11 is 12.1. The average molecular weight is 278 g/mol. The van der Waals surface area contributed by atoms with Crippen LogP contribution in [0.4, 0.5) is 5.82 Å². The monoisotopic (exact) mass is 277 g/mol. The van der Waals surface area contributed by atoms with E-state index >= 15 is 0 Å². The largest absolute Gasteiger partial charge is 0.372 e. The number of benzene rings is 1. The predicted octanol–water partition coefficient (Wildman–Crippen LogP) is 3.97. The summed E-state index contributed by atoms with van der Waals surface area (Å²) in [6.07, 6.45) is 0. The van der Waals surface area contributed by atoms with Crippen molar-refractivity contribution in [3.8, 4) is 17.3 Å². The van der Waals surface area contributed by atoms with Crippen molar-refractivity contribution in [3.05, 3.63) is 45.9 Å². The summed E-state index contributed by atoms with van der Waals surface area (Å²) < 4.78 is 0. The van der Waals surface area contributed by atoms with Crippen LogP contribution in [-0.2, 0) is 0 Å². The van der Waals surface area contributed by atoms with Gasteiger partial charge in [-0.3, -0.25) is 0 Å². The number of pyridine rings is 1. The molecule has 0 saturated heterocycles. The molecular formula is C13H9Cl2N3. The van der Waals surface area contributed by atoms with Crippen molar-refractivity contribution in [2.45, 2.75) is 0 Å². The van der Waals surface area contributed by atoms with Crippen LogP contribution in [-0.4, -0.2) is 12.0 Å². The average Bonchev–Trinajstić information content (AvgIpc) is 2.39. The summed E-state index contributed by atoms with van der Waals surface area (Å²) in [7, 11) is 1.73. The van der Waals surface area contributed by atoms with Gasteiger partial charge in [-0.15, -0.1) is 0 Å². The molecule has 18 heavy (non-hydrogen) atoms. The van der Waals surface area contributed by atoms with E-state index in [0.29, 0.717) is 27.1 Å². The highest BCUT2D eigenvalue weighted by Crippen LogP contribution is 2.32. The fourth-order valence-corrected chi connectivity index (χ4v) is 2.14. The van der Waals surface area contributed by atoms with E-state index in [9.17, 15) is 0 Å². The van der Waals surface area contributed by atoms with Crippen molar-refractivity contribution >= 4 is 29.0 Å². The van der Waals surface area contributed by atoms with E-state index in [4.69, 9.17) is 28.5 Å². The van der Waals surface area contributed by atoms with Gasteiger partial charge in [0.15, 0.2) is 0 Å². The minimum absolute atomic E-state index is 0.453. The quantitative estimate of drug-likeness (QED) is 0.904. The molecule has 1 aromatic heterocycles. The molecule has 0 atom stereocenters. The van der Waals surface area contributed by atoms with Gasteiger partial charge in [-0.05, 0) is 18.2 Å². The molecule has 2 rings (SSSR count). The number of halogens is 2. The second-order valence-corrected chi connectivity index (χ2v) is 4.41. The number of nitrogens with zero attached hydrogens (tertiary/aromatic N) is 2. The summed E-state index contributed by atoms with van der Waals surface area (Å²) in [5, 5.41) is 12.7. The molecule has 0 amide bonds. The van der Waals surface area contributed by atoms with E-state index in [1.165, 1.54) is 0 Å². The van der Waals surface area contributed by atoms with E-state index in [2.05, 4.69) is 16.4 Å². The molecule has 0 radical (unpaired) electrons. The zero-order valence-corrected chi connectivity index (χ0v) is 11.0. The van der Waals surface area contributed by atoms with Gasteiger partial charge in [-0.1, -0.05) is 35.3 Å². The first-order valence-electron chi connectivity index (χ1n) is 5.20. The third kappa shape index (κ3) is 2.40. The normalized spacial score (nSPS) is 9.89. The SMILES string of the molecule is CNc1nc(-c2cccc(C#N)c2)c(Cl)cc1Cl. The van der Waals surface area contributed by atoms with Crippen molar-refractivity contribution < 1.29 is 0 Å². The van der Waals surface area contributed by atoms with Crippen LogP contribution in [0.5, 0.6) is 0 Å². The van der Waals surface area contributed by atoms with Crippen LogP contribution in [0.25, 0.3) is 11.3 Å². The van der Waals surface area contributed by atoms with Gasteiger partial charge < -0.3 is 5.32 Å². The second-order valence-electron chi connectivity index (χ2n) is 3.59. The highest BCUT2D eigenvalue weighted by Gasteiger charge is 2.10. The highest BCUT2D eigenvalue weighted by molar-refractivity contribution is 6.37. The lowest BCUT2D eigenvalue weighted by Crippen LogP contribution is -1.96. The molecule has 90 valence electrons. The van der Waals surface area contributed by atoms with Crippen LogP contribution in [0.3, 0.4) is 0 Å². The van der Waals surface area contributed by atoms with Gasteiger partial charge in [-0.2, -0.15) is 5.26 Å². The highest BCUT2D eigenvalue weighted by atomic mass is 35.5. The van der Waals surface area contributed by atoms with Gasteiger partial charge in [0.1, 0.15) is 5.82 Å². The molecule has 5 heteroatoms. The van der Waals surface area contributed by atoms with Crippen molar-refractivity contribution in [1.82, 2.24) is 4.98 Å². The zero-order chi connectivity index (χ0) is 13.1. The first-order valence-corrected chi connectivity index (χ1v) is 5.95. The first-order chi connectivity index (χ1) is 8.65. The van der Waals surface area contributed by atoms with E-state index in [1.54, 1.807) is 31.3 Å². The number of hydrogen-bond acceptors (Lipinski definition) is 3. The Bertz CT molecular complexity index is 633. The van der Waals surface area contributed by atoms with Gasteiger partial charge in [0.05, 0.1) is 27.4 Å². The van der Waals surface area contributed by atoms with Gasteiger partial charge in [0.2, 0.25) is 0 Å². The molecule has 2 aromatic rings. The molecular weight excluding hydrogens is 269 g/mol. The maximum Gasteiger partial charge on any atom is 0.145 e. The number of nitriles is 1. The van der Waals surface area contributed by atoms with Crippen molar-refractivity contribution in [2.75, 3.05) is 12.4 Å². The Morgan fingerprint density at radius 2 is 2.00 bits per heavy atom. The Labute approximate surface area is 115 Å². The van der Waals surface area contributed by atoms with E-state index in [1.807, 2.05) is 6.07 Å². The fraction of sp³-hybridized carbons (Fsp3) is 0.0769. The van der Waals surface area contributed by atoms with Gasteiger partial charge in [-0.25, -0.2) is 4.98 Å². The van der Waals surface area contributed by atoms with Crippen LogP contribution >= 0.6 is 23.2 Å². The third-order valence-electron chi connectivity index (χ3n) is 2.43. The lowest BCUT2D eigenvalue weighted by molar-refractivity contribution is 1.28. The van der Waals surface area contributed by atoms with E-state index in [-0.39, 0.29) is 0 Å². The van der Waals surface area contributed by atoms with Crippen LogP contribution in [0, 0.1) is 11.3 Å². The Balaban J connectivity index is 2.60. The minimum atomic E-state index is 0.453. The summed E-state index contributed by atoms with van der Waals surface area (Å²) in [6.45, 7) is 0. The predicted molar refractivity (Wildman–Crippen MR) is 74.0 cm³/mol. The Morgan fingerprint density at radius 1 is 1.22 bits per heavy atom. The number of nitrogens with one attached hydrogen (secondary N) is 1. The number of aromatic nitrogens is 1. The number of rotatable bonds is 2. The standard InChI is InChI=1S/C13H9Cl2N3/c1-17-13-11(15)6-10(14)12(18-13)9-4-2-3-8(5-9)7-16/h2-6H,1H3,(H,17,18). The molecule has 0 aliphatic rings. The topological polar surface area (TPSA) is 48.7 Å². The molecule has 0 aliphatic carbocycles. The molecule has 1 N–H and O–H groups in total. The van der Waals surface area contributed by atoms with Crippen LogP contribution in [0.2, 0.25) is 10.0 Å². The van der Waals surface area contributed by atoms with Gasteiger partial charge >= 0.3 is 0 Å². The Kier molecular flexibility index (Phi) is 3.71. The van der Waals surface area contributed by atoms with Crippen molar-refractivity contribution in [2.24, 2.45) is 0 Å². The molecule has 0 fully saturated rings. The van der Waals surface area contributed by atoms with Crippen LogP contribution in [0.15, 0.2) is 30.3 Å². The molecule has 0 spiro atoms. The first kappa shape index (κ1) is 12.7. The maximum absolute atomic E-state index is 8.89. The zero-order valence-electron chi connectivity index (χ0n) is 9.54. The summed E-state index contributed by atoms with van der Waals surface area (Å²) in [5.41, 5.74) is 1.95. The summed E-state index contributed by atoms with van der Waals surface area (Å²) in [5.74, 6) is 0.554. The fourth-order valence-electron chi connectivity index (χ4n) is 1.58. The van der Waals surface area contributed by atoms with Crippen molar-refractivity contribution in [3.63, 3.8) is 0 Å². The Hall–Kier alpha value is -1.76. The minimum Gasteiger partial charge on any atom is -0.372 e. The lowest BCUT2D eigenvalue weighted by atomic mass is 10.1. The van der Waals surface area contributed by atoms with E-state index < -0.39 is 0 Å². The summed E-state index contributed by atoms with van der Waals surface area (Å²) in [6, 6.07) is 10.8. The van der Waals surface area contributed by atoms with Gasteiger partial charge in [0, 0.05) is 12.6 Å². The lowest BCUT2D eigenvalue weighted by Gasteiger charge is -2.08. The maximum atomic E-state index is 8.89. The molecule has 0 bridgehead atoms. The van der Waals surface area contributed by atoms with Crippen LogP contribution in [0.1, 0.15) is 5.56 Å². The number of anilines is 1. The molecule has 1 aromatic carbocycles. The smallest absolute Gasteiger partial charge is 0.145 e. The summed E-state index contributed by atoms with van der Waals surface area (Å²) in [4.78, 5) is 4.35. The molecule has 0 aliphatic heterocycles. The van der Waals surface area contributed by atoms with E-state index in [0.717, 1.165) is 5.56 Å². The molecule has 3 nitrogen and oxygen atoms in total. The van der Waals surface area contributed by atoms with Gasteiger partial charge in [0.25, 0.3) is 0 Å². The number of hydrogen-bond donors (Lipinski definition) is 1. The third-order valence-corrected chi connectivity index (χ3v) is 3.01. The Morgan fingerprint density at radius 3 is 2.67 bits per heavy atom. The molecule has 1 heterocycles. The molecule has 0 unspecified atom stereocenters. The van der Waals surface area contributed by atoms with Crippen LogP contribution < -0.4 is 5.32 Å².